The first-order valence-electron chi connectivity index (χ1n) is 4.91. The fraction of sp³-hybridized carbons (Fsp3) is 0.0909. The van der Waals surface area contributed by atoms with Crippen LogP contribution in [0.4, 0.5) is 5.00 Å². The Morgan fingerprint density at radius 3 is 3.00 bits per heavy atom. The largest absolute Gasteiger partial charge is 0.390 e. The van der Waals surface area contributed by atoms with Crippen LogP contribution < -0.4 is 5.73 Å². The van der Waals surface area contributed by atoms with Gasteiger partial charge in [0.05, 0.1) is 16.1 Å². The molecule has 0 aliphatic rings. The summed E-state index contributed by atoms with van der Waals surface area (Å²) < 4.78 is 0. The van der Waals surface area contributed by atoms with E-state index in [2.05, 4.69) is 15.0 Å². The van der Waals surface area contributed by atoms with Crippen molar-refractivity contribution in [3.8, 4) is 11.4 Å². The van der Waals surface area contributed by atoms with E-state index in [0.717, 1.165) is 27.6 Å². The second kappa shape index (κ2) is 3.31. The molecule has 3 N–H and O–H groups in total. The van der Waals surface area contributed by atoms with Gasteiger partial charge in [-0.05, 0) is 25.1 Å². The number of thiophene rings is 1. The molecular formula is C11H10N4S. The molecule has 0 amide bonds. The van der Waals surface area contributed by atoms with Gasteiger partial charge in [-0.2, -0.15) is 0 Å². The maximum Gasteiger partial charge on any atom is 0.178 e. The first kappa shape index (κ1) is 9.35. The molecule has 3 aromatic heterocycles. The van der Waals surface area contributed by atoms with Gasteiger partial charge in [-0.3, -0.25) is 0 Å². The molecule has 16 heavy (non-hydrogen) atoms. The highest BCUT2D eigenvalue weighted by Crippen LogP contribution is 2.32. The molecular weight excluding hydrogens is 220 g/mol. The van der Waals surface area contributed by atoms with Crippen LogP contribution in [0.2, 0.25) is 0 Å². The quantitative estimate of drug-likeness (QED) is 0.675. The number of hydrogen-bond donors (Lipinski definition) is 2. The summed E-state index contributed by atoms with van der Waals surface area (Å²) in [5.41, 5.74) is 8.55. The summed E-state index contributed by atoms with van der Waals surface area (Å²) in [5, 5.41) is 0.788. The van der Waals surface area contributed by atoms with E-state index in [4.69, 9.17) is 5.73 Å². The van der Waals surface area contributed by atoms with Gasteiger partial charge in [0.2, 0.25) is 0 Å². The van der Waals surface area contributed by atoms with Crippen molar-refractivity contribution >= 4 is 27.5 Å². The molecule has 3 heterocycles. The summed E-state index contributed by atoms with van der Waals surface area (Å²) >= 11 is 1.57. The lowest BCUT2D eigenvalue weighted by molar-refractivity contribution is 1.30. The Morgan fingerprint density at radius 1 is 1.44 bits per heavy atom. The zero-order valence-electron chi connectivity index (χ0n) is 8.69. The number of aromatic nitrogens is 3. The minimum absolute atomic E-state index is 0.723. The van der Waals surface area contributed by atoms with Crippen molar-refractivity contribution in [2.45, 2.75) is 6.92 Å². The van der Waals surface area contributed by atoms with Gasteiger partial charge in [-0.25, -0.2) is 9.97 Å². The van der Waals surface area contributed by atoms with Crippen molar-refractivity contribution in [3.05, 3.63) is 29.3 Å². The number of nitrogens with zero attached hydrogens (tertiary/aromatic N) is 2. The van der Waals surface area contributed by atoms with Crippen LogP contribution in [0, 0.1) is 6.92 Å². The third-order valence-corrected chi connectivity index (χ3v) is 3.28. The third kappa shape index (κ3) is 1.37. The van der Waals surface area contributed by atoms with Gasteiger partial charge in [-0.15, -0.1) is 11.3 Å². The third-order valence-electron chi connectivity index (χ3n) is 2.40. The van der Waals surface area contributed by atoms with E-state index in [1.165, 1.54) is 4.88 Å². The van der Waals surface area contributed by atoms with Crippen molar-refractivity contribution in [1.82, 2.24) is 15.0 Å². The lowest BCUT2D eigenvalue weighted by atomic mass is 10.3. The highest BCUT2D eigenvalue weighted by molar-refractivity contribution is 7.16. The van der Waals surface area contributed by atoms with Gasteiger partial charge >= 0.3 is 0 Å². The van der Waals surface area contributed by atoms with E-state index in [1.807, 2.05) is 25.1 Å². The van der Waals surface area contributed by atoms with Crippen molar-refractivity contribution < 1.29 is 0 Å². The standard InChI is InChI=1S/C11H10N4S/c1-6-5-7(9(12)16-6)10-14-8-3-2-4-13-11(8)15-10/h2-5H,12H2,1H3,(H,13,14,15). The lowest BCUT2D eigenvalue weighted by Gasteiger charge is -1.91. The maximum absolute atomic E-state index is 5.93. The predicted octanol–water partition coefficient (Wildman–Crippen LogP) is 2.58. The number of nitrogen functional groups attached to an aromatic ring is 1. The fourth-order valence-electron chi connectivity index (χ4n) is 1.69. The number of hydrogen-bond acceptors (Lipinski definition) is 4. The Balaban J connectivity index is 2.22. The summed E-state index contributed by atoms with van der Waals surface area (Å²) in [4.78, 5) is 13.0. The molecule has 3 aromatic rings. The van der Waals surface area contributed by atoms with Gasteiger partial charge in [0.15, 0.2) is 5.65 Å². The van der Waals surface area contributed by atoms with E-state index in [1.54, 1.807) is 17.5 Å². The van der Waals surface area contributed by atoms with Gasteiger partial charge in [-0.1, -0.05) is 0 Å². The van der Waals surface area contributed by atoms with E-state index in [9.17, 15) is 0 Å². The maximum atomic E-state index is 5.93. The molecule has 0 aliphatic carbocycles. The minimum Gasteiger partial charge on any atom is -0.390 e. The summed E-state index contributed by atoms with van der Waals surface area (Å²) in [6, 6.07) is 5.87. The predicted molar refractivity (Wildman–Crippen MR) is 66.4 cm³/mol. The molecule has 0 atom stereocenters. The van der Waals surface area contributed by atoms with Crippen molar-refractivity contribution in [2.24, 2.45) is 0 Å². The lowest BCUT2D eigenvalue weighted by Crippen LogP contribution is -1.84. The van der Waals surface area contributed by atoms with Gasteiger partial charge < -0.3 is 10.7 Å². The molecule has 0 spiro atoms. The number of anilines is 1. The number of H-pyrrole nitrogens is 1. The second-order valence-electron chi connectivity index (χ2n) is 3.59. The van der Waals surface area contributed by atoms with Gasteiger partial charge in [0, 0.05) is 11.1 Å². The molecule has 0 aliphatic heterocycles. The van der Waals surface area contributed by atoms with Crippen LogP contribution in [0.5, 0.6) is 0 Å². The van der Waals surface area contributed by atoms with Crippen molar-refractivity contribution in [2.75, 3.05) is 5.73 Å². The fourth-order valence-corrected chi connectivity index (χ4v) is 2.48. The average Bonchev–Trinajstić information content (AvgIpc) is 2.81. The minimum atomic E-state index is 0.723. The van der Waals surface area contributed by atoms with Crippen LogP contribution in [-0.4, -0.2) is 15.0 Å². The summed E-state index contributed by atoms with van der Waals surface area (Å²) in [5.74, 6) is 0.788. The van der Waals surface area contributed by atoms with E-state index < -0.39 is 0 Å². The summed E-state index contributed by atoms with van der Waals surface area (Å²) in [7, 11) is 0. The summed E-state index contributed by atoms with van der Waals surface area (Å²) in [6.07, 6.45) is 1.73. The number of nitrogens with two attached hydrogens (primary N) is 1. The zero-order valence-corrected chi connectivity index (χ0v) is 9.51. The molecule has 80 valence electrons. The molecule has 5 heteroatoms. The average molecular weight is 230 g/mol. The monoisotopic (exact) mass is 230 g/mol. The zero-order chi connectivity index (χ0) is 11.1. The number of aryl methyl sites for hydroxylation is 1. The highest BCUT2D eigenvalue weighted by Gasteiger charge is 2.11. The molecule has 0 radical (unpaired) electrons. The Morgan fingerprint density at radius 2 is 2.31 bits per heavy atom. The molecule has 0 unspecified atom stereocenters. The summed E-state index contributed by atoms with van der Waals surface area (Å²) in [6.45, 7) is 2.03. The molecule has 0 aromatic carbocycles. The number of fused-ring (bicyclic) bond motifs is 1. The Labute approximate surface area is 96.2 Å². The van der Waals surface area contributed by atoms with Crippen molar-refractivity contribution in [1.29, 1.82) is 0 Å². The molecule has 3 rings (SSSR count). The molecule has 0 saturated carbocycles. The second-order valence-corrected chi connectivity index (χ2v) is 4.88. The Kier molecular flexibility index (Phi) is 1.94. The molecule has 0 fully saturated rings. The topological polar surface area (TPSA) is 67.6 Å². The number of nitrogens with one attached hydrogen (secondary N) is 1. The molecule has 0 bridgehead atoms. The number of aromatic amines is 1. The van der Waals surface area contributed by atoms with Crippen LogP contribution >= 0.6 is 11.3 Å². The van der Waals surface area contributed by atoms with Crippen LogP contribution in [-0.2, 0) is 0 Å². The van der Waals surface area contributed by atoms with E-state index in [-0.39, 0.29) is 0 Å². The van der Waals surface area contributed by atoms with E-state index in [0.29, 0.717) is 0 Å². The first-order chi connectivity index (χ1) is 7.74. The molecule has 0 saturated heterocycles. The van der Waals surface area contributed by atoms with Crippen LogP contribution in [0.3, 0.4) is 0 Å². The van der Waals surface area contributed by atoms with Crippen molar-refractivity contribution in [3.63, 3.8) is 0 Å². The SMILES string of the molecule is Cc1cc(-c2nc3ncccc3[nH]2)c(N)s1. The first-order valence-corrected chi connectivity index (χ1v) is 5.73. The number of pyridine rings is 1. The van der Waals surface area contributed by atoms with Crippen LogP contribution in [0.25, 0.3) is 22.6 Å². The smallest absolute Gasteiger partial charge is 0.178 e. The van der Waals surface area contributed by atoms with Crippen LogP contribution in [0.1, 0.15) is 4.88 Å². The number of imidazole rings is 1. The highest BCUT2D eigenvalue weighted by atomic mass is 32.1. The van der Waals surface area contributed by atoms with Gasteiger partial charge in [0.1, 0.15) is 5.82 Å². The normalized spacial score (nSPS) is 11.1. The number of rotatable bonds is 1. The Hall–Kier alpha value is -1.88. The van der Waals surface area contributed by atoms with Gasteiger partial charge in [0.25, 0.3) is 0 Å². The van der Waals surface area contributed by atoms with E-state index >= 15 is 0 Å². The Bertz CT molecular complexity index is 620. The molecule has 4 nitrogen and oxygen atoms in total. The van der Waals surface area contributed by atoms with Crippen LogP contribution in [0.15, 0.2) is 24.4 Å².